The number of fused-ring (bicyclic) bond motifs is 1. The van der Waals surface area contributed by atoms with Crippen LogP contribution < -0.4 is 5.32 Å². The Morgan fingerprint density at radius 3 is 3.67 bits per heavy atom. The number of nitrogens with one attached hydrogen (secondary N) is 1. The topological polar surface area (TPSA) is 24.4 Å². The van der Waals surface area contributed by atoms with Crippen molar-refractivity contribution >= 4 is 5.71 Å². The van der Waals surface area contributed by atoms with E-state index in [2.05, 4.69) is 10.3 Å². The van der Waals surface area contributed by atoms with Gasteiger partial charge in [0.2, 0.25) is 0 Å². The van der Waals surface area contributed by atoms with E-state index in [1.807, 2.05) is 6.92 Å². The Balaban J connectivity index is 2.31. The van der Waals surface area contributed by atoms with Crippen LogP contribution in [-0.2, 0) is 0 Å². The average Bonchev–Trinajstić information content (AvgIpc) is 2.41. The lowest BCUT2D eigenvalue weighted by molar-refractivity contribution is 0.806. The molecule has 2 aliphatic heterocycles. The van der Waals surface area contributed by atoms with Gasteiger partial charge in [-0.05, 0) is 12.5 Å². The molecule has 0 bridgehead atoms. The summed E-state index contributed by atoms with van der Waals surface area (Å²) in [5.41, 5.74) is 1.91. The summed E-state index contributed by atoms with van der Waals surface area (Å²) in [6.07, 6.45) is 1.72. The first-order valence-corrected chi connectivity index (χ1v) is 3.05. The molecule has 1 N–H and O–H groups in total. The highest BCUT2D eigenvalue weighted by molar-refractivity contribution is 5.90. The van der Waals surface area contributed by atoms with Crippen LogP contribution >= 0.6 is 0 Å². The summed E-state index contributed by atoms with van der Waals surface area (Å²) in [6.45, 7) is 1.13. The normalized spacial score (nSPS) is 51.4. The van der Waals surface area contributed by atoms with Gasteiger partial charge in [-0.3, -0.25) is 4.99 Å². The second kappa shape index (κ2) is 1.67. The monoisotopic (exact) mass is 124 g/mol. The molecule has 0 amide bonds. The first-order chi connectivity index (χ1) is 5.20. The van der Waals surface area contributed by atoms with Gasteiger partial charge in [-0.1, -0.05) is 0 Å². The minimum Gasteiger partial charge on any atom is -0.312 e. The standard InChI is InChI=1S/C7H10N2/c1-5-7-4-8-2-6(7)3-9-5/h3,7-8H,2,4H2,1H3/i2D,4D. The molecule has 0 aliphatic carbocycles. The highest BCUT2D eigenvalue weighted by Crippen LogP contribution is 2.22. The molecule has 48 valence electrons. The molecule has 1 saturated heterocycles. The number of hydrogen-bond acceptors (Lipinski definition) is 2. The van der Waals surface area contributed by atoms with Gasteiger partial charge in [-0.2, -0.15) is 0 Å². The third-order valence-corrected chi connectivity index (χ3v) is 1.74. The molecule has 3 atom stereocenters. The van der Waals surface area contributed by atoms with E-state index in [0.29, 0.717) is 0 Å². The van der Waals surface area contributed by atoms with Gasteiger partial charge in [0.15, 0.2) is 0 Å². The maximum Gasteiger partial charge on any atom is 0.0476 e. The van der Waals surface area contributed by atoms with Crippen LogP contribution in [0.15, 0.2) is 16.8 Å². The van der Waals surface area contributed by atoms with Gasteiger partial charge in [0, 0.05) is 33.6 Å². The third kappa shape index (κ3) is 0.630. The van der Waals surface area contributed by atoms with Gasteiger partial charge in [-0.25, -0.2) is 0 Å². The molecule has 0 radical (unpaired) electrons. The molecule has 2 rings (SSSR count). The lowest BCUT2D eigenvalue weighted by Crippen LogP contribution is -2.13. The van der Waals surface area contributed by atoms with Gasteiger partial charge >= 0.3 is 0 Å². The third-order valence-electron chi connectivity index (χ3n) is 1.74. The van der Waals surface area contributed by atoms with Crippen LogP contribution in [0.3, 0.4) is 0 Å². The lowest BCUT2D eigenvalue weighted by Gasteiger charge is -2.00. The number of nitrogens with zero attached hydrogens (tertiary/aromatic N) is 1. The Morgan fingerprint density at radius 1 is 2.00 bits per heavy atom. The van der Waals surface area contributed by atoms with Crippen LogP contribution in [0.4, 0.5) is 0 Å². The van der Waals surface area contributed by atoms with E-state index in [0.717, 1.165) is 11.3 Å². The fourth-order valence-electron chi connectivity index (χ4n) is 1.16. The highest BCUT2D eigenvalue weighted by Gasteiger charge is 2.25. The molecule has 2 heteroatoms. The molecular weight excluding hydrogens is 112 g/mol. The first kappa shape index (κ1) is 3.52. The molecule has 2 heterocycles. The van der Waals surface area contributed by atoms with Crippen molar-refractivity contribution in [2.45, 2.75) is 6.92 Å². The summed E-state index contributed by atoms with van der Waals surface area (Å²) in [5, 5.41) is 2.83. The number of rotatable bonds is 0. The molecule has 1 fully saturated rings. The van der Waals surface area contributed by atoms with Crippen LogP contribution in [0.5, 0.6) is 0 Å². The molecule has 2 aliphatic rings. The van der Waals surface area contributed by atoms with Crippen molar-refractivity contribution in [1.82, 2.24) is 5.32 Å². The van der Waals surface area contributed by atoms with Gasteiger partial charge < -0.3 is 5.32 Å². The average molecular weight is 124 g/mol. The summed E-state index contributed by atoms with van der Waals surface area (Å²) >= 11 is 0. The van der Waals surface area contributed by atoms with Gasteiger partial charge in [-0.15, -0.1) is 0 Å². The fraction of sp³-hybridized carbons (Fsp3) is 0.571. The zero-order chi connectivity index (χ0) is 8.01. The van der Waals surface area contributed by atoms with E-state index in [9.17, 15) is 0 Å². The largest absolute Gasteiger partial charge is 0.312 e. The van der Waals surface area contributed by atoms with E-state index in [1.165, 1.54) is 0 Å². The summed E-state index contributed by atoms with van der Waals surface area (Å²) in [6, 6.07) is 0. The van der Waals surface area contributed by atoms with E-state index >= 15 is 0 Å². The van der Waals surface area contributed by atoms with Crippen molar-refractivity contribution in [2.24, 2.45) is 10.9 Å². The van der Waals surface area contributed by atoms with Crippen molar-refractivity contribution in [1.29, 1.82) is 0 Å². The summed E-state index contributed by atoms with van der Waals surface area (Å²) in [5.74, 6) is 0.0671. The van der Waals surface area contributed by atoms with Crippen LogP contribution in [0.1, 0.15) is 9.67 Å². The molecule has 3 unspecified atom stereocenters. The van der Waals surface area contributed by atoms with E-state index < -0.39 is 6.52 Å². The molecule has 9 heavy (non-hydrogen) atoms. The Morgan fingerprint density at radius 2 is 2.89 bits per heavy atom. The van der Waals surface area contributed by atoms with E-state index in [4.69, 9.17) is 2.74 Å². The summed E-state index contributed by atoms with van der Waals surface area (Å²) < 4.78 is 15.1. The second-order valence-corrected chi connectivity index (χ2v) is 2.35. The molecule has 0 aromatic rings. The minimum atomic E-state index is -0.413. The Hall–Kier alpha value is -0.630. The van der Waals surface area contributed by atoms with Gasteiger partial charge in [0.25, 0.3) is 0 Å². The Kier molecular flexibility index (Phi) is 0.654. The lowest BCUT2D eigenvalue weighted by atomic mass is 10.0. The van der Waals surface area contributed by atoms with Crippen molar-refractivity contribution in [3.63, 3.8) is 0 Å². The fourth-order valence-corrected chi connectivity index (χ4v) is 1.16. The number of hydrogen-bond donors (Lipinski definition) is 1. The molecule has 0 aromatic heterocycles. The predicted octanol–water partition coefficient (Wildman–Crippen LogP) is 0.564. The Labute approximate surface area is 57.5 Å². The molecular formula is C7H10N2. The van der Waals surface area contributed by atoms with Crippen molar-refractivity contribution in [3.05, 3.63) is 11.8 Å². The predicted molar refractivity (Wildman–Crippen MR) is 37.6 cm³/mol. The van der Waals surface area contributed by atoms with E-state index in [-0.39, 0.29) is 12.4 Å². The molecule has 0 spiro atoms. The minimum absolute atomic E-state index is 0.0671. The Bertz CT molecular complexity index is 247. The zero-order valence-corrected chi connectivity index (χ0v) is 5.26. The zero-order valence-electron chi connectivity index (χ0n) is 7.26. The molecule has 2 nitrogen and oxygen atoms in total. The van der Waals surface area contributed by atoms with Gasteiger partial charge in [0.05, 0.1) is 0 Å². The maximum atomic E-state index is 7.57. The number of aliphatic imine (C=N–C) groups is 1. The first-order valence-electron chi connectivity index (χ1n) is 4.20. The van der Waals surface area contributed by atoms with Crippen LogP contribution in [-0.4, -0.2) is 18.8 Å². The SMILES string of the molecule is [2H]C1NC([2H])C2C1=CN=C2C. The summed E-state index contributed by atoms with van der Waals surface area (Å²) in [7, 11) is 0. The van der Waals surface area contributed by atoms with Crippen LogP contribution in [0.2, 0.25) is 0 Å². The maximum absolute atomic E-state index is 7.57. The highest BCUT2D eigenvalue weighted by atomic mass is 14.9. The second-order valence-electron chi connectivity index (χ2n) is 2.35. The quantitative estimate of drug-likeness (QED) is 0.501. The molecule has 0 saturated carbocycles. The van der Waals surface area contributed by atoms with E-state index in [1.54, 1.807) is 6.20 Å². The van der Waals surface area contributed by atoms with Crippen molar-refractivity contribution < 1.29 is 2.74 Å². The van der Waals surface area contributed by atoms with Crippen molar-refractivity contribution in [3.8, 4) is 0 Å². The van der Waals surface area contributed by atoms with Crippen LogP contribution in [0.25, 0.3) is 0 Å². The summed E-state index contributed by atoms with van der Waals surface area (Å²) in [4.78, 5) is 4.10. The van der Waals surface area contributed by atoms with Crippen LogP contribution in [0, 0.1) is 5.92 Å². The van der Waals surface area contributed by atoms with Gasteiger partial charge in [0.1, 0.15) is 0 Å². The smallest absolute Gasteiger partial charge is 0.0476 e. The molecule has 0 aromatic carbocycles. The van der Waals surface area contributed by atoms with Crippen molar-refractivity contribution in [2.75, 3.05) is 13.0 Å².